The monoisotopic (exact) mass is 326 g/mol. The number of nitrogens with two attached hydrogens (primary N) is 1. The first kappa shape index (κ1) is 13.2. The van der Waals surface area contributed by atoms with Crippen LogP contribution in [0.4, 0.5) is 21.5 Å². The fourth-order valence-corrected chi connectivity index (χ4v) is 2.35. The van der Waals surface area contributed by atoms with Gasteiger partial charge in [0.05, 0.1) is 15.8 Å². The summed E-state index contributed by atoms with van der Waals surface area (Å²) in [6.07, 6.45) is 2.01. The molecule has 18 heavy (non-hydrogen) atoms. The van der Waals surface area contributed by atoms with Crippen LogP contribution in [0.5, 0.6) is 0 Å². The quantitative estimate of drug-likeness (QED) is 0.637. The van der Waals surface area contributed by atoms with Gasteiger partial charge in [0, 0.05) is 16.6 Å². The van der Waals surface area contributed by atoms with Crippen LogP contribution in [0.2, 0.25) is 0 Å². The molecule has 0 aliphatic heterocycles. The van der Waals surface area contributed by atoms with Gasteiger partial charge in [-0.3, -0.25) is 0 Å². The first-order valence-electron chi connectivity index (χ1n) is 5.26. The minimum absolute atomic E-state index is 0.340. The van der Waals surface area contributed by atoms with Gasteiger partial charge in [0.25, 0.3) is 0 Å². The number of anilines is 3. The van der Waals surface area contributed by atoms with E-state index in [-0.39, 0.29) is 5.82 Å². The number of nitrogen functional groups attached to an aromatic ring is 1. The lowest BCUT2D eigenvalue weighted by Crippen LogP contribution is -1.97. The van der Waals surface area contributed by atoms with Crippen molar-refractivity contribution in [2.75, 3.05) is 17.3 Å². The molecule has 0 fully saturated rings. The van der Waals surface area contributed by atoms with E-state index in [9.17, 15) is 4.39 Å². The predicted octanol–water partition coefficient (Wildman–Crippen LogP) is 4.64. The Balaban J connectivity index is 2.30. The lowest BCUT2D eigenvalue weighted by atomic mass is 10.2. The summed E-state index contributed by atoms with van der Waals surface area (Å²) < 4.78 is 13.8. The van der Waals surface area contributed by atoms with Gasteiger partial charge in [0.15, 0.2) is 0 Å². The van der Waals surface area contributed by atoms with Gasteiger partial charge in [-0.05, 0) is 46.5 Å². The second-order valence-corrected chi connectivity index (χ2v) is 5.44. The van der Waals surface area contributed by atoms with Crippen LogP contribution in [-0.2, 0) is 0 Å². The fourth-order valence-electron chi connectivity index (χ4n) is 1.53. The zero-order chi connectivity index (χ0) is 13.1. The smallest absolute Gasteiger partial charge is 0.139 e. The number of rotatable bonds is 3. The molecule has 0 atom stereocenters. The molecule has 5 heteroatoms. The van der Waals surface area contributed by atoms with Crippen LogP contribution in [0.3, 0.4) is 0 Å². The number of thioether (sulfide) groups is 1. The molecule has 3 N–H and O–H groups in total. The first-order chi connectivity index (χ1) is 8.60. The molecular weight excluding hydrogens is 315 g/mol. The van der Waals surface area contributed by atoms with Gasteiger partial charge < -0.3 is 11.1 Å². The number of nitrogens with one attached hydrogen (secondary N) is 1. The van der Waals surface area contributed by atoms with E-state index in [2.05, 4.69) is 21.2 Å². The highest BCUT2D eigenvalue weighted by molar-refractivity contribution is 9.10. The lowest BCUT2D eigenvalue weighted by Gasteiger charge is -2.11. The standard InChI is InChI=1S/C13H12BrFN2S/c1-18-9-4-2-3-8(5-9)17-13-7-11(15)10(14)6-12(13)16/h2-7,17H,16H2,1H3. The van der Waals surface area contributed by atoms with Crippen molar-refractivity contribution in [1.29, 1.82) is 0 Å². The van der Waals surface area contributed by atoms with E-state index < -0.39 is 0 Å². The van der Waals surface area contributed by atoms with Crippen LogP contribution in [0.15, 0.2) is 45.8 Å². The molecular formula is C13H12BrFN2S. The van der Waals surface area contributed by atoms with Crippen molar-refractivity contribution in [2.45, 2.75) is 4.90 Å². The molecule has 2 aromatic rings. The molecule has 0 bridgehead atoms. The van der Waals surface area contributed by atoms with Gasteiger partial charge in [-0.25, -0.2) is 4.39 Å². The van der Waals surface area contributed by atoms with Crippen LogP contribution < -0.4 is 11.1 Å². The van der Waals surface area contributed by atoms with E-state index in [4.69, 9.17) is 5.73 Å². The Hall–Kier alpha value is -1.20. The second kappa shape index (κ2) is 5.63. The molecule has 0 heterocycles. The Kier molecular flexibility index (Phi) is 4.14. The van der Waals surface area contributed by atoms with E-state index in [1.165, 1.54) is 6.07 Å². The van der Waals surface area contributed by atoms with Gasteiger partial charge in [-0.1, -0.05) is 6.07 Å². The molecule has 0 aliphatic rings. The molecule has 2 nitrogen and oxygen atoms in total. The number of hydrogen-bond acceptors (Lipinski definition) is 3. The average Bonchev–Trinajstić information content (AvgIpc) is 2.36. The molecule has 94 valence electrons. The molecule has 2 rings (SSSR count). The maximum atomic E-state index is 13.5. The maximum absolute atomic E-state index is 13.5. The SMILES string of the molecule is CSc1cccc(Nc2cc(F)c(Br)cc2N)c1. The van der Waals surface area contributed by atoms with Gasteiger partial charge in [-0.15, -0.1) is 11.8 Å². The van der Waals surface area contributed by atoms with E-state index >= 15 is 0 Å². The van der Waals surface area contributed by atoms with Crippen molar-refractivity contribution in [1.82, 2.24) is 0 Å². The molecule has 0 saturated heterocycles. The fraction of sp³-hybridized carbons (Fsp3) is 0.0769. The number of hydrogen-bond donors (Lipinski definition) is 2. The Labute approximate surface area is 118 Å². The van der Waals surface area contributed by atoms with Crippen molar-refractivity contribution in [2.24, 2.45) is 0 Å². The zero-order valence-electron chi connectivity index (χ0n) is 9.71. The topological polar surface area (TPSA) is 38.0 Å². The van der Waals surface area contributed by atoms with Crippen LogP contribution >= 0.6 is 27.7 Å². The van der Waals surface area contributed by atoms with Gasteiger partial charge in [-0.2, -0.15) is 0 Å². The highest BCUT2D eigenvalue weighted by Gasteiger charge is 2.06. The molecule has 0 unspecified atom stereocenters. The molecule has 2 aromatic carbocycles. The zero-order valence-corrected chi connectivity index (χ0v) is 12.1. The van der Waals surface area contributed by atoms with E-state index in [0.717, 1.165) is 10.6 Å². The third kappa shape index (κ3) is 2.97. The van der Waals surface area contributed by atoms with Crippen LogP contribution in [-0.4, -0.2) is 6.26 Å². The highest BCUT2D eigenvalue weighted by atomic mass is 79.9. The van der Waals surface area contributed by atoms with Crippen LogP contribution in [0, 0.1) is 5.82 Å². The maximum Gasteiger partial charge on any atom is 0.139 e. The molecule has 0 amide bonds. The Morgan fingerprint density at radius 2 is 2.06 bits per heavy atom. The number of halogens is 2. The van der Waals surface area contributed by atoms with Crippen molar-refractivity contribution in [3.05, 3.63) is 46.7 Å². The van der Waals surface area contributed by atoms with E-state index in [1.54, 1.807) is 17.8 Å². The molecule has 0 saturated carbocycles. The Morgan fingerprint density at radius 3 is 2.78 bits per heavy atom. The third-order valence-corrected chi connectivity index (χ3v) is 3.77. The summed E-state index contributed by atoms with van der Waals surface area (Å²) in [5, 5.41) is 3.12. The van der Waals surface area contributed by atoms with E-state index in [0.29, 0.717) is 15.8 Å². The van der Waals surface area contributed by atoms with Crippen LogP contribution in [0.1, 0.15) is 0 Å². The lowest BCUT2D eigenvalue weighted by molar-refractivity contribution is 0.622. The van der Waals surface area contributed by atoms with Crippen LogP contribution in [0.25, 0.3) is 0 Å². The summed E-state index contributed by atoms with van der Waals surface area (Å²) in [6.45, 7) is 0. The van der Waals surface area contributed by atoms with Crippen molar-refractivity contribution in [3.8, 4) is 0 Å². The molecule has 0 aromatic heterocycles. The third-order valence-electron chi connectivity index (χ3n) is 2.44. The second-order valence-electron chi connectivity index (χ2n) is 3.71. The Morgan fingerprint density at radius 1 is 1.28 bits per heavy atom. The summed E-state index contributed by atoms with van der Waals surface area (Å²) in [5.74, 6) is -0.340. The average molecular weight is 327 g/mol. The van der Waals surface area contributed by atoms with Crippen molar-refractivity contribution < 1.29 is 4.39 Å². The summed E-state index contributed by atoms with van der Waals surface area (Å²) in [6, 6.07) is 10.8. The van der Waals surface area contributed by atoms with Gasteiger partial charge >= 0.3 is 0 Å². The van der Waals surface area contributed by atoms with Crippen molar-refractivity contribution in [3.63, 3.8) is 0 Å². The molecule has 0 spiro atoms. The summed E-state index contributed by atoms with van der Waals surface area (Å²) >= 11 is 4.75. The van der Waals surface area contributed by atoms with Gasteiger partial charge in [0.2, 0.25) is 0 Å². The summed E-state index contributed by atoms with van der Waals surface area (Å²) in [4.78, 5) is 1.14. The van der Waals surface area contributed by atoms with Crippen molar-refractivity contribution >= 4 is 44.8 Å². The normalized spacial score (nSPS) is 10.4. The summed E-state index contributed by atoms with van der Waals surface area (Å²) in [7, 11) is 0. The molecule has 0 aliphatic carbocycles. The largest absolute Gasteiger partial charge is 0.397 e. The van der Waals surface area contributed by atoms with Gasteiger partial charge in [0.1, 0.15) is 5.82 Å². The minimum Gasteiger partial charge on any atom is -0.397 e. The minimum atomic E-state index is -0.340. The Bertz CT molecular complexity index is 575. The predicted molar refractivity (Wildman–Crippen MR) is 80.0 cm³/mol. The number of benzene rings is 2. The molecule has 0 radical (unpaired) electrons. The van der Waals surface area contributed by atoms with E-state index in [1.807, 2.05) is 30.5 Å². The highest BCUT2D eigenvalue weighted by Crippen LogP contribution is 2.30. The first-order valence-corrected chi connectivity index (χ1v) is 7.27. The summed E-state index contributed by atoms with van der Waals surface area (Å²) in [5.41, 5.74) is 7.79.